The van der Waals surface area contributed by atoms with Gasteiger partial charge in [-0.1, -0.05) is 24.6 Å². The quantitative estimate of drug-likeness (QED) is 0.830. The molecule has 7 nitrogen and oxygen atoms in total. The Morgan fingerprint density at radius 2 is 1.92 bits per heavy atom. The zero-order valence-electron chi connectivity index (χ0n) is 14.6. The number of hydrogen-bond acceptors (Lipinski definition) is 6. The monoisotopic (exact) mass is 373 g/mol. The van der Waals surface area contributed by atoms with Gasteiger partial charge in [0.05, 0.1) is 11.4 Å². The number of tetrazole rings is 1. The highest BCUT2D eigenvalue weighted by molar-refractivity contribution is 7.99. The summed E-state index contributed by atoms with van der Waals surface area (Å²) in [4.78, 5) is 14.9. The molecule has 0 unspecified atom stereocenters. The van der Waals surface area contributed by atoms with E-state index < -0.39 is 0 Å². The van der Waals surface area contributed by atoms with Crippen LogP contribution in [0.3, 0.4) is 0 Å². The lowest BCUT2D eigenvalue weighted by molar-refractivity contribution is -0.134. The van der Waals surface area contributed by atoms with Crippen molar-refractivity contribution in [2.24, 2.45) is 5.92 Å². The van der Waals surface area contributed by atoms with Gasteiger partial charge < -0.3 is 10.0 Å². The lowest BCUT2D eigenvalue weighted by atomic mass is 9.78. The predicted molar refractivity (Wildman–Crippen MR) is 98.2 cm³/mol. The molecule has 1 aliphatic heterocycles. The minimum absolute atomic E-state index is 0.187. The van der Waals surface area contributed by atoms with Gasteiger partial charge in [-0.3, -0.25) is 4.79 Å². The van der Waals surface area contributed by atoms with E-state index in [1.807, 2.05) is 0 Å². The third kappa shape index (κ3) is 3.56. The van der Waals surface area contributed by atoms with Crippen LogP contribution in [-0.2, 0) is 4.79 Å². The Morgan fingerprint density at radius 1 is 1.15 bits per heavy atom. The van der Waals surface area contributed by atoms with Gasteiger partial charge in [0.25, 0.3) is 0 Å². The summed E-state index contributed by atoms with van der Waals surface area (Å²) < 4.78 is 1.59. The van der Waals surface area contributed by atoms with Gasteiger partial charge in [0.15, 0.2) is 0 Å². The lowest BCUT2D eigenvalue weighted by Gasteiger charge is -2.44. The van der Waals surface area contributed by atoms with Crippen LogP contribution in [0, 0.1) is 5.92 Å². The highest BCUT2D eigenvalue weighted by Gasteiger charge is 2.35. The standard InChI is InChI=1S/C18H23N5O2S/c24-15-9-7-14(8-10-15)23-18(19-20-21-23)26-12-17(25)22-11-3-5-13-4-1-2-6-16(13)22/h7-10,13,16,24H,1-6,11-12H2/t13-,16-/m1/s1. The van der Waals surface area contributed by atoms with Gasteiger partial charge >= 0.3 is 0 Å². The summed E-state index contributed by atoms with van der Waals surface area (Å²) in [5.41, 5.74) is 0.757. The summed E-state index contributed by atoms with van der Waals surface area (Å²) in [6.07, 6.45) is 7.33. The first kappa shape index (κ1) is 17.3. The van der Waals surface area contributed by atoms with E-state index in [9.17, 15) is 9.90 Å². The largest absolute Gasteiger partial charge is 0.508 e. The van der Waals surface area contributed by atoms with Crippen molar-refractivity contribution in [3.05, 3.63) is 24.3 Å². The van der Waals surface area contributed by atoms with Gasteiger partial charge in [-0.15, -0.1) is 5.10 Å². The molecule has 1 amide bonds. The Labute approximate surface area is 156 Å². The Kier molecular flexibility index (Phi) is 5.10. The van der Waals surface area contributed by atoms with Crippen LogP contribution in [0.25, 0.3) is 5.69 Å². The number of hydrogen-bond donors (Lipinski definition) is 1. The SMILES string of the molecule is O=C(CSc1nnnn1-c1ccc(O)cc1)N1CCC[C@H]2CCCC[C@H]21. The first-order valence-electron chi connectivity index (χ1n) is 9.22. The Hall–Kier alpha value is -2.09. The fourth-order valence-corrected chi connectivity index (χ4v) is 4.95. The summed E-state index contributed by atoms with van der Waals surface area (Å²) in [6, 6.07) is 7.10. The number of carbonyl (C=O) groups excluding carboxylic acids is 1. The second kappa shape index (κ2) is 7.65. The van der Waals surface area contributed by atoms with Crippen LogP contribution in [0.4, 0.5) is 0 Å². The van der Waals surface area contributed by atoms with E-state index in [1.54, 1.807) is 28.9 Å². The number of nitrogens with zero attached hydrogens (tertiary/aromatic N) is 5. The molecule has 2 aromatic rings. The van der Waals surface area contributed by atoms with Crippen molar-refractivity contribution >= 4 is 17.7 Å². The second-order valence-corrected chi connectivity index (χ2v) is 7.96. The first-order chi connectivity index (χ1) is 12.7. The Morgan fingerprint density at radius 3 is 2.77 bits per heavy atom. The minimum Gasteiger partial charge on any atom is -0.508 e. The van der Waals surface area contributed by atoms with Crippen LogP contribution in [0.2, 0.25) is 0 Å². The summed E-state index contributed by atoms with van der Waals surface area (Å²) in [6.45, 7) is 0.878. The molecular weight excluding hydrogens is 350 g/mol. The molecule has 0 bridgehead atoms. The van der Waals surface area contributed by atoms with Gasteiger partial charge in [0.2, 0.25) is 11.1 Å². The van der Waals surface area contributed by atoms with Crippen molar-refractivity contribution in [1.29, 1.82) is 0 Å². The summed E-state index contributed by atoms with van der Waals surface area (Å²) in [5.74, 6) is 1.42. The van der Waals surface area contributed by atoms with Gasteiger partial charge in [0, 0.05) is 12.6 Å². The summed E-state index contributed by atoms with van der Waals surface area (Å²) >= 11 is 1.37. The topological polar surface area (TPSA) is 84.1 Å². The first-order valence-corrected chi connectivity index (χ1v) is 10.2. The molecule has 1 aromatic carbocycles. The number of piperidine rings is 1. The second-order valence-electron chi connectivity index (χ2n) is 7.02. The molecule has 8 heteroatoms. The van der Waals surface area contributed by atoms with E-state index in [-0.39, 0.29) is 11.7 Å². The molecule has 0 spiro atoms. The molecule has 1 saturated heterocycles. The van der Waals surface area contributed by atoms with Gasteiger partial charge in [-0.25, -0.2) is 0 Å². The molecule has 2 heterocycles. The van der Waals surface area contributed by atoms with Crippen molar-refractivity contribution in [2.75, 3.05) is 12.3 Å². The molecule has 1 aliphatic carbocycles. The highest BCUT2D eigenvalue weighted by atomic mass is 32.2. The molecule has 138 valence electrons. The molecule has 1 aromatic heterocycles. The van der Waals surface area contributed by atoms with Crippen molar-refractivity contribution in [3.8, 4) is 11.4 Å². The molecule has 1 saturated carbocycles. The number of thioether (sulfide) groups is 1. The van der Waals surface area contributed by atoms with Crippen molar-refractivity contribution in [1.82, 2.24) is 25.1 Å². The smallest absolute Gasteiger partial charge is 0.233 e. The van der Waals surface area contributed by atoms with Gasteiger partial charge in [0.1, 0.15) is 5.75 Å². The zero-order chi connectivity index (χ0) is 17.9. The number of amides is 1. The zero-order valence-corrected chi connectivity index (χ0v) is 15.4. The number of benzene rings is 1. The molecule has 1 N–H and O–H groups in total. The molecule has 2 aliphatic rings. The summed E-state index contributed by atoms with van der Waals surface area (Å²) in [7, 11) is 0. The van der Waals surface area contributed by atoms with Crippen LogP contribution in [0.5, 0.6) is 5.75 Å². The van der Waals surface area contributed by atoms with Crippen LogP contribution < -0.4 is 0 Å². The van der Waals surface area contributed by atoms with Crippen LogP contribution in [-0.4, -0.2) is 54.5 Å². The van der Waals surface area contributed by atoms with Crippen LogP contribution in [0.15, 0.2) is 29.4 Å². The van der Waals surface area contributed by atoms with E-state index in [4.69, 9.17) is 0 Å². The maximum absolute atomic E-state index is 12.8. The van der Waals surface area contributed by atoms with Crippen LogP contribution in [0.1, 0.15) is 38.5 Å². The number of phenols is 1. The number of carbonyl (C=O) groups is 1. The normalized spacial score (nSPS) is 22.8. The van der Waals surface area contributed by atoms with E-state index in [2.05, 4.69) is 20.4 Å². The van der Waals surface area contributed by atoms with Crippen LogP contribution >= 0.6 is 11.8 Å². The van der Waals surface area contributed by atoms with Crippen molar-refractivity contribution in [2.45, 2.75) is 49.7 Å². The van der Waals surface area contributed by atoms with Gasteiger partial charge in [-0.2, -0.15) is 4.68 Å². The highest BCUT2D eigenvalue weighted by Crippen LogP contribution is 2.35. The van der Waals surface area contributed by atoms with E-state index in [1.165, 1.54) is 37.4 Å². The predicted octanol–water partition coefficient (Wildman–Crippen LogP) is 2.64. The number of aromatic nitrogens is 4. The average Bonchev–Trinajstić information content (AvgIpc) is 3.15. The fourth-order valence-electron chi connectivity index (χ4n) is 4.17. The fraction of sp³-hybridized carbons (Fsp3) is 0.556. The Balaban J connectivity index is 1.42. The molecular formula is C18H23N5O2S. The maximum Gasteiger partial charge on any atom is 0.233 e. The van der Waals surface area contributed by atoms with E-state index >= 15 is 0 Å². The third-order valence-electron chi connectivity index (χ3n) is 5.42. The summed E-state index contributed by atoms with van der Waals surface area (Å²) in [5, 5.41) is 21.8. The number of fused-ring (bicyclic) bond motifs is 1. The molecule has 2 atom stereocenters. The number of likely N-dealkylation sites (tertiary alicyclic amines) is 1. The molecule has 4 rings (SSSR count). The van der Waals surface area contributed by atoms with E-state index in [0.717, 1.165) is 25.1 Å². The minimum atomic E-state index is 0.187. The number of rotatable bonds is 4. The average molecular weight is 373 g/mol. The Bertz CT molecular complexity index is 761. The number of aromatic hydroxyl groups is 1. The van der Waals surface area contributed by atoms with E-state index in [0.29, 0.717) is 22.9 Å². The maximum atomic E-state index is 12.8. The molecule has 26 heavy (non-hydrogen) atoms. The van der Waals surface area contributed by atoms with Gasteiger partial charge in [-0.05, 0) is 66.3 Å². The molecule has 0 radical (unpaired) electrons. The molecule has 2 fully saturated rings. The van der Waals surface area contributed by atoms with Crippen molar-refractivity contribution in [3.63, 3.8) is 0 Å². The lowest BCUT2D eigenvalue weighted by Crippen LogP contribution is -2.50. The third-order valence-corrected chi connectivity index (χ3v) is 6.33. The van der Waals surface area contributed by atoms with Crippen molar-refractivity contribution < 1.29 is 9.90 Å². The number of phenolic OH excluding ortho intramolecular Hbond substituents is 1.